The molecule has 0 spiro atoms. The Kier molecular flexibility index (Phi) is 6.51. The first-order chi connectivity index (χ1) is 15.1. The fourth-order valence-corrected chi connectivity index (χ4v) is 5.45. The normalized spacial score (nSPS) is 25.6. The zero-order chi connectivity index (χ0) is 21.8. The molecule has 3 atom stereocenters. The lowest BCUT2D eigenvalue weighted by Gasteiger charge is -2.52. The standard InChI is InChI=1S/C26H33NO4/c1-30-20-12-13-21(23(18-20)31-2)25-22-10-6-7-15-26(22,29)16-17-27(25)24(28)14-11-19-8-4-3-5-9-19/h3-5,8-9,12-13,18,22,25,29H,6-7,10-11,14-17H2,1-2H3/t22-,25+,26+/m0/s1. The molecule has 1 heterocycles. The van der Waals surface area contributed by atoms with Gasteiger partial charge in [0.2, 0.25) is 5.91 Å². The number of hydrogen-bond donors (Lipinski definition) is 1. The molecule has 4 rings (SSSR count). The maximum absolute atomic E-state index is 13.4. The van der Waals surface area contributed by atoms with Gasteiger partial charge >= 0.3 is 0 Å². The van der Waals surface area contributed by atoms with Crippen molar-refractivity contribution >= 4 is 5.91 Å². The van der Waals surface area contributed by atoms with E-state index < -0.39 is 5.60 Å². The molecular formula is C26H33NO4. The summed E-state index contributed by atoms with van der Waals surface area (Å²) in [5.74, 6) is 1.58. The molecule has 2 aliphatic rings. The Balaban J connectivity index is 1.66. The van der Waals surface area contributed by atoms with Crippen molar-refractivity contribution in [2.75, 3.05) is 20.8 Å². The van der Waals surface area contributed by atoms with Crippen LogP contribution in [0.3, 0.4) is 0 Å². The largest absolute Gasteiger partial charge is 0.497 e. The van der Waals surface area contributed by atoms with Crippen LogP contribution in [0.1, 0.15) is 55.7 Å². The average molecular weight is 424 g/mol. The highest BCUT2D eigenvalue weighted by molar-refractivity contribution is 5.77. The third-order valence-electron chi connectivity index (χ3n) is 7.12. The third kappa shape index (κ3) is 4.42. The number of piperidine rings is 1. The summed E-state index contributed by atoms with van der Waals surface area (Å²) in [6, 6.07) is 15.7. The van der Waals surface area contributed by atoms with Crippen LogP contribution in [0.4, 0.5) is 0 Å². The molecule has 1 N–H and O–H groups in total. The number of fused-ring (bicyclic) bond motifs is 1. The van der Waals surface area contributed by atoms with Crippen molar-refractivity contribution in [3.8, 4) is 11.5 Å². The van der Waals surface area contributed by atoms with Gasteiger partial charge in [0.15, 0.2) is 0 Å². The number of rotatable bonds is 6. The second-order valence-electron chi connectivity index (χ2n) is 8.83. The Hall–Kier alpha value is -2.53. The lowest BCUT2D eigenvalue weighted by atomic mass is 9.66. The lowest BCUT2D eigenvalue weighted by Crippen LogP contribution is -2.56. The zero-order valence-electron chi connectivity index (χ0n) is 18.5. The highest BCUT2D eigenvalue weighted by atomic mass is 16.5. The van der Waals surface area contributed by atoms with Gasteiger partial charge in [-0.05, 0) is 43.4 Å². The first-order valence-corrected chi connectivity index (χ1v) is 11.3. The maximum Gasteiger partial charge on any atom is 0.223 e. The van der Waals surface area contributed by atoms with E-state index in [-0.39, 0.29) is 17.9 Å². The summed E-state index contributed by atoms with van der Waals surface area (Å²) >= 11 is 0. The van der Waals surface area contributed by atoms with Crippen molar-refractivity contribution in [3.63, 3.8) is 0 Å². The van der Waals surface area contributed by atoms with Crippen LogP contribution < -0.4 is 9.47 Å². The van der Waals surface area contributed by atoms with Gasteiger partial charge in [-0.25, -0.2) is 0 Å². The minimum Gasteiger partial charge on any atom is -0.497 e. The summed E-state index contributed by atoms with van der Waals surface area (Å²) in [4.78, 5) is 15.4. The molecule has 1 saturated carbocycles. The second kappa shape index (κ2) is 9.31. The number of ether oxygens (including phenoxy) is 2. The molecule has 1 aliphatic carbocycles. The van der Waals surface area contributed by atoms with Crippen molar-refractivity contribution in [1.82, 2.24) is 4.90 Å². The number of benzene rings is 2. The number of carbonyl (C=O) groups excluding carboxylic acids is 1. The van der Waals surface area contributed by atoms with Gasteiger partial charge in [0.1, 0.15) is 11.5 Å². The molecular weight excluding hydrogens is 390 g/mol. The molecule has 5 nitrogen and oxygen atoms in total. The molecule has 1 amide bonds. The van der Waals surface area contributed by atoms with E-state index in [9.17, 15) is 9.90 Å². The van der Waals surface area contributed by atoms with Crippen molar-refractivity contribution < 1.29 is 19.4 Å². The highest BCUT2D eigenvalue weighted by Gasteiger charge is 2.50. The first kappa shape index (κ1) is 21.7. The molecule has 1 aliphatic heterocycles. The number of methoxy groups -OCH3 is 2. The minimum atomic E-state index is -0.718. The van der Waals surface area contributed by atoms with Crippen LogP contribution in [0, 0.1) is 5.92 Å². The lowest BCUT2D eigenvalue weighted by molar-refractivity contribution is -0.155. The Morgan fingerprint density at radius 1 is 1.10 bits per heavy atom. The predicted molar refractivity (Wildman–Crippen MR) is 120 cm³/mol. The average Bonchev–Trinajstić information content (AvgIpc) is 2.81. The number of aryl methyl sites for hydroxylation is 1. The van der Waals surface area contributed by atoms with E-state index in [2.05, 4.69) is 12.1 Å². The van der Waals surface area contributed by atoms with Crippen LogP contribution in [0.2, 0.25) is 0 Å². The zero-order valence-corrected chi connectivity index (χ0v) is 18.5. The Morgan fingerprint density at radius 2 is 1.90 bits per heavy atom. The Labute approximate surface area is 185 Å². The van der Waals surface area contributed by atoms with Gasteiger partial charge in [0.05, 0.1) is 25.9 Å². The van der Waals surface area contributed by atoms with Gasteiger partial charge in [-0.15, -0.1) is 0 Å². The molecule has 2 aromatic rings. The van der Waals surface area contributed by atoms with Gasteiger partial charge in [0, 0.05) is 30.5 Å². The first-order valence-electron chi connectivity index (χ1n) is 11.3. The fraction of sp³-hybridized carbons (Fsp3) is 0.500. The van der Waals surface area contributed by atoms with Gasteiger partial charge in [-0.2, -0.15) is 0 Å². The van der Waals surface area contributed by atoms with Crippen LogP contribution in [0.5, 0.6) is 11.5 Å². The monoisotopic (exact) mass is 423 g/mol. The molecule has 5 heteroatoms. The maximum atomic E-state index is 13.4. The van der Waals surface area contributed by atoms with Gasteiger partial charge < -0.3 is 19.5 Å². The number of amides is 1. The number of nitrogens with zero attached hydrogens (tertiary/aromatic N) is 1. The summed E-state index contributed by atoms with van der Waals surface area (Å²) in [5, 5.41) is 11.5. The number of hydrogen-bond acceptors (Lipinski definition) is 4. The van der Waals surface area contributed by atoms with Gasteiger partial charge in [-0.3, -0.25) is 4.79 Å². The third-order valence-corrected chi connectivity index (χ3v) is 7.12. The predicted octanol–water partition coefficient (Wildman–Crippen LogP) is 4.53. The quantitative estimate of drug-likeness (QED) is 0.742. The molecule has 0 bridgehead atoms. The molecule has 31 heavy (non-hydrogen) atoms. The Morgan fingerprint density at radius 3 is 2.65 bits per heavy atom. The summed E-state index contributed by atoms with van der Waals surface area (Å²) in [6.45, 7) is 0.570. The topological polar surface area (TPSA) is 59.0 Å². The number of carbonyl (C=O) groups is 1. The van der Waals surface area contributed by atoms with Crippen LogP contribution >= 0.6 is 0 Å². The molecule has 2 fully saturated rings. The van der Waals surface area contributed by atoms with Crippen molar-refractivity contribution in [2.45, 2.75) is 56.6 Å². The van der Waals surface area contributed by atoms with Crippen LogP contribution in [-0.2, 0) is 11.2 Å². The van der Waals surface area contributed by atoms with Gasteiger partial charge in [0.25, 0.3) is 0 Å². The van der Waals surface area contributed by atoms with Crippen LogP contribution in [-0.4, -0.2) is 42.3 Å². The SMILES string of the molecule is COc1ccc([C@@H]2[C@@H]3CCCC[C@@]3(O)CCN2C(=O)CCc2ccccc2)c(OC)c1. The van der Waals surface area contributed by atoms with E-state index in [0.717, 1.165) is 43.4 Å². The minimum absolute atomic E-state index is 0.0120. The van der Waals surface area contributed by atoms with Crippen molar-refractivity contribution in [2.24, 2.45) is 5.92 Å². The van der Waals surface area contributed by atoms with E-state index in [1.807, 2.05) is 41.3 Å². The summed E-state index contributed by atoms with van der Waals surface area (Å²) in [5.41, 5.74) is 1.41. The smallest absolute Gasteiger partial charge is 0.223 e. The highest BCUT2D eigenvalue weighted by Crippen LogP contribution is 2.51. The number of aliphatic hydroxyl groups is 1. The second-order valence-corrected chi connectivity index (χ2v) is 8.83. The fourth-order valence-electron chi connectivity index (χ4n) is 5.45. The van der Waals surface area contributed by atoms with E-state index in [1.165, 1.54) is 5.56 Å². The van der Waals surface area contributed by atoms with Crippen molar-refractivity contribution in [1.29, 1.82) is 0 Å². The molecule has 0 radical (unpaired) electrons. The molecule has 0 aromatic heterocycles. The van der Waals surface area contributed by atoms with E-state index in [1.54, 1.807) is 14.2 Å². The van der Waals surface area contributed by atoms with Gasteiger partial charge in [-0.1, -0.05) is 43.2 Å². The van der Waals surface area contributed by atoms with E-state index in [0.29, 0.717) is 25.1 Å². The molecule has 166 valence electrons. The molecule has 0 unspecified atom stereocenters. The van der Waals surface area contributed by atoms with Crippen LogP contribution in [0.15, 0.2) is 48.5 Å². The summed E-state index contributed by atoms with van der Waals surface area (Å²) in [6.07, 6.45) is 5.67. The summed E-state index contributed by atoms with van der Waals surface area (Å²) in [7, 11) is 3.28. The van der Waals surface area contributed by atoms with Crippen LogP contribution in [0.25, 0.3) is 0 Å². The van der Waals surface area contributed by atoms with E-state index in [4.69, 9.17) is 9.47 Å². The Bertz CT molecular complexity index is 900. The molecule has 1 saturated heterocycles. The molecule has 2 aromatic carbocycles. The number of likely N-dealkylation sites (tertiary alicyclic amines) is 1. The van der Waals surface area contributed by atoms with E-state index >= 15 is 0 Å². The van der Waals surface area contributed by atoms with Crippen molar-refractivity contribution in [3.05, 3.63) is 59.7 Å². The summed E-state index contributed by atoms with van der Waals surface area (Å²) < 4.78 is 11.1.